The van der Waals surface area contributed by atoms with Crippen LogP contribution in [0.2, 0.25) is 0 Å². The molecule has 1 heterocycles. The summed E-state index contributed by atoms with van der Waals surface area (Å²) in [6.45, 7) is 4.62. The second-order valence-corrected chi connectivity index (χ2v) is 2.98. The molecule has 1 rings (SSSR count). The molecule has 0 saturated heterocycles. The van der Waals surface area contributed by atoms with Gasteiger partial charge in [0.15, 0.2) is 11.9 Å². The fraction of sp³-hybridized carbons (Fsp3) is 0.455. The van der Waals surface area contributed by atoms with Crippen LogP contribution in [-0.2, 0) is 22.5 Å². The zero-order valence-electron chi connectivity index (χ0n) is 9.07. The number of halogens is 1. The molecule has 0 atom stereocenters. The monoisotopic (exact) mass is 273 g/mol. The van der Waals surface area contributed by atoms with Gasteiger partial charge in [-0.3, -0.25) is 0 Å². The molecule has 0 aromatic carbocycles. The maximum absolute atomic E-state index is 11.2. The van der Waals surface area contributed by atoms with Crippen LogP contribution in [0.1, 0.15) is 19.5 Å². The molecule has 0 aliphatic heterocycles. The number of carbonyl (C=O) groups is 1. The van der Waals surface area contributed by atoms with Crippen molar-refractivity contribution in [2.75, 3.05) is 6.61 Å². The average Bonchev–Trinajstić information content (AvgIpc) is 2.19. The topological polar surface area (TPSA) is 30.2 Å². The molecule has 0 aliphatic carbocycles. The van der Waals surface area contributed by atoms with Crippen LogP contribution >= 0.6 is 0 Å². The molecule has 3 nitrogen and oxygen atoms in total. The lowest BCUT2D eigenvalue weighted by Gasteiger charge is -2.01. The number of rotatable bonds is 4. The zero-order chi connectivity index (χ0) is 10.4. The second kappa shape index (κ2) is 7.40. The summed E-state index contributed by atoms with van der Waals surface area (Å²) in [6, 6.07) is 5.90. The Labute approximate surface area is 101 Å². The largest absolute Gasteiger partial charge is 1.00 e. The lowest BCUT2D eigenvalue weighted by molar-refractivity contribution is -0.693. The lowest BCUT2D eigenvalue weighted by atomic mass is 10.3. The standard InChI is InChI=1S/C11H16NO2.BrH/c1-3-10-7-5-6-8-12(10)9-11(13)14-4-2;/h5-8H,3-4,9H2,1-2H3;1H/q+1;/p-1. The van der Waals surface area contributed by atoms with Gasteiger partial charge in [0, 0.05) is 18.6 Å². The third-order valence-electron chi connectivity index (χ3n) is 2.00. The van der Waals surface area contributed by atoms with Crippen LogP contribution < -0.4 is 21.5 Å². The summed E-state index contributed by atoms with van der Waals surface area (Å²) in [4.78, 5) is 11.2. The normalized spacial score (nSPS) is 9.20. The predicted molar refractivity (Wildman–Crippen MR) is 52.6 cm³/mol. The van der Waals surface area contributed by atoms with Gasteiger partial charge < -0.3 is 21.7 Å². The number of pyridine rings is 1. The van der Waals surface area contributed by atoms with Crippen LogP contribution in [0.4, 0.5) is 0 Å². The number of aryl methyl sites for hydroxylation is 1. The van der Waals surface area contributed by atoms with Gasteiger partial charge in [0.1, 0.15) is 0 Å². The Kier molecular flexibility index (Phi) is 6.96. The third-order valence-corrected chi connectivity index (χ3v) is 2.00. The Morgan fingerprint density at radius 1 is 1.40 bits per heavy atom. The van der Waals surface area contributed by atoms with Crippen LogP contribution in [0.5, 0.6) is 0 Å². The molecule has 4 heteroatoms. The van der Waals surface area contributed by atoms with Crippen LogP contribution in [0.15, 0.2) is 24.4 Å². The van der Waals surface area contributed by atoms with Crippen molar-refractivity contribution >= 4 is 5.97 Å². The first-order valence-corrected chi connectivity index (χ1v) is 4.90. The molecule has 0 fully saturated rings. The number of hydrogen-bond donors (Lipinski definition) is 0. The Hall–Kier alpha value is -0.900. The molecule has 84 valence electrons. The molecule has 0 bridgehead atoms. The number of esters is 1. The minimum atomic E-state index is -0.182. The minimum Gasteiger partial charge on any atom is -1.00 e. The number of aromatic nitrogens is 1. The summed E-state index contributed by atoms with van der Waals surface area (Å²) in [6.07, 6.45) is 2.82. The van der Waals surface area contributed by atoms with E-state index >= 15 is 0 Å². The SMILES string of the molecule is CCOC(=O)C[n+]1ccccc1CC.[Br-]. The Balaban J connectivity index is 0.00000196. The molecular weight excluding hydrogens is 258 g/mol. The summed E-state index contributed by atoms with van der Waals surface area (Å²) in [5.41, 5.74) is 1.14. The molecule has 0 amide bonds. The van der Waals surface area contributed by atoms with Crippen molar-refractivity contribution in [2.24, 2.45) is 0 Å². The van der Waals surface area contributed by atoms with Crippen molar-refractivity contribution in [3.63, 3.8) is 0 Å². The van der Waals surface area contributed by atoms with E-state index in [-0.39, 0.29) is 23.0 Å². The fourth-order valence-corrected chi connectivity index (χ4v) is 1.33. The van der Waals surface area contributed by atoms with Crippen LogP contribution in [0, 0.1) is 0 Å². The maximum atomic E-state index is 11.2. The third kappa shape index (κ3) is 4.42. The first-order valence-electron chi connectivity index (χ1n) is 4.90. The molecule has 0 radical (unpaired) electrons. The smallest absolute Gasteiger partial charge is 0.372 e. The molecule has 0 saturated carbocycles. The number of ether oxygens (including phenoxy) is 1. The van der Waals surface area contributed by atoms with E-state index in [1.165, 1.54) is 0 Å². The van der Waals surface area contributed by atoms with Gasteiger partial charge in [-0.2, -0.15) is 4.57 Å². The van der Waals surface area contributed by atoms with Crippen molar-refractivity contribution in [3.8, 4) is 0 Å². The molecule has 1 aromatic heterocycles. The number of nitrogens with zero attached hydrogens (tertiary/aromatic N) is 1. The minimum absolute atomic E-state index is 0. The summed E-state index contributed by atoms with van der Waals surface area (Å²) < 4.78 is 6.80. The van der Waals surface area contributed by atoms with Crippen molar-refractivity contribution in [3.05, 3.63) is 30.1 Å². The summed E-state index contributed by atoms with van der Waals surface area (Å²) in [5.74, 6) is -0.182. The lowest BCUT2D eigenvalue weighted by Crippen LogP contribution is -3.00. The van der Waals surface area contributed by atoms with E-state index < -0.39 is 0 Å². The van der Waals surface area contributed by atoms with Gasteiger partial charge >= 0.3 is 5.97 Å². The first kappa shape index (κ1) is 14.1. The average molecular weight is 274 g/mol. The molecule has 15 heavy (non-hydrogen) atoms. The van der Waals surface area contributed by atoms with E-state index in [0.717, 1.165) is 12.1 Å². The molecular formula is C11H16BrNO2. The van der Waals surface area contributed by atoms with Gasteiger partial charge in [-0.15, -0.1) is 0 Å². The van der Waals surface area contributed by atoms with E-state index in [1.54, 1.807) is 0 Å². The molecule has 1 aromatic rings. The summed E-state index contributed by atoms with van der Waals surface area (Å²) in [5, 5.41) is 0. The highest BCUT2D eigenvalue weighted by atomic mass is 79.9. The van der Waals surface area contributed by atoms with Crippen LogP contribution in [0.25, 0.3) is 0 Å². The van der Waals surface area contributed by atoms with Crippen LogP contribution in [-0.4, -0.2) is 12.6 Å². The molecule has 0 N–H and O–H groups in total. The van der Waals surface area contributed by atoms with Crippen molar-refractivity contribution in [1.29, 1.82) is 0 Å². The van der Waals surface area contributed by atoms with Crippen molar-refractivity contribution < 1.29 is 31.1 Å². The van der Waals surface area contributed by atoms with Gasteiger partial charge in [-0.1, -0.05) is 13.0 Å². The van der Waals surface area contributed by atoms with Crippen molar-refractivity contribution in [2.45, 2.75) is 26.8 Å². The Bertz CT molecular complexity index is 315. The highest BCUT2D eigenvalue weighted by molar-refractivity contribution is 5.67. The quantitative estimate of drug-likeness (QED) is 0.474. The number of hydrogen-bond acceptors (Lipinski definition) is 2. The van der Waals surface area contributed by atoms with Gasteiger partial charge in [0.25, 0.3) is 0 Å². The molecule has 0 spiro atoms. The first-order chi connectivity index (χ1) is 6.77. The maximum Gasteiger partial charge on any atom is 0.372 e. The predicted octanol–water partition coefficient (Wildman–Crippen LogP) is -1.90. The van der Waals surface area contributed by atoms with Gasteiger partial charge in [0.2, 0.25) is 6.54 Å². The van der Waals surface area contributed by atoms with Gasteiger partial charge in [-0.05, 0) is 6.92 Å². The fourth-order valence-electron chi connectivity index (χ4n) is 1.33. The van der Waals surface area contributed by atoms with Crippen molar-refractivity contribution in [1.82, 2.24) is 0 Å². The molecule has 0 aliphatic rings. The highest BCUT2D eigenvalue weighted by Crippen LogP contribution is 1.92. The van der Waals surface area contributed by atoms with E-state index in [1.807, 2.05) is 35.9 Å². The van der Waals surface area contributed by atoms with E-state index in [2.05, 4.69) is 6.92 Å². The number of carbonyl (C=O) groups excluding carboxylic acids is 1. The second-order valence-electron chi connectivity index (χ2n) is 2.98. The van der Waals surface area contributed by atoms with Gasteiger partial charge in [-0.25, -0.2) is 4.79 Å². The van der Waals surface area contributed by atoms with E-state index in [0.29, 0.717) is 13.2 Å². The van der Waals surface area contributed by atoms with Gasteiger partial charge in [0.05, 0.1) is 6.61 Å². The highest BCUT2D eigenvalue weighted by Gasteiger charge is 2.13. The Morgan fingerprint density at radius 3 is 2.73 bits per heavy atom. The summed E-state index contributed by atoms with van der Waals surface area (Å²) >= 11 is 0. The summed E-state index contributed by atoms with van der Waals surface area (Å²) in [7, 11) is 0. The van der Waals surface area contributed by atoms with Crippen LogP contribution in [0.3, 0.4) is 0 Å². The molecule has 0 unspecified atom stereocenters. The van der Waals surface area contributed by atoms with E-state index in [9.17, 15) is 4.79 Å². The van der Waals surface area contributed by atoms with E-state index in [4.69, 9.17) is 4.74 Å². The zero-order valence-corrected chi connectivity index (χ0v) is 10.7. The Morgan fingerprint density at radius 2 is 2.13 bits per heavy atom.